The van der Waals surface area contributed by atoms with Crippen molar-refractivity contribution in [3.63, 3.8) is 0 Å². The molecule has 0 atom stereocenters. The van der Waals surface area contributed by atoms with Crippen molar-refractivity contribution in [3.05, 3.63) is 56.0 Å². The maximum Gasteiger partial charge on any atom is 0.136 e. The van der Waals surface area contributed by atoms with Gasteiger partial charge in [0.05, 0.1) is 0 Å². The highest BCUT2D eigenvalue weighted by Crippen LogP contribution is 2.23. The summed E-state index contributed by atoms with van der Waals surface area (Å²) in [6.07, 6.45) is 0.455. The second-order valence-corrected chi connectivity index (χ2v) is 4.96. The molecule has 0 radical (unpaired) electrons. The molecule has 0 fully saturated rings. The van der Waals surface area contributed by atoms with Crippen LogP contribution in [0.3, 0.4) is 0 Å². The molecule has 0 unspecified atom stereocenters. The monoisotopic (exact) mass is 306 g/mol. The molecule has 0 N–H and O–H groups in total. The van der Waals surface area contributed by atoms with Crippen LogP contribution in [0, 0.1) is 0 Å². The summed E-state index contributed by atoms with van der Waals surface area (Å²) in [5.41, 5.74) is 0.870. The van der Waals surface area contributed by atoms with E-state index in [0.717, 1.165) is 5.56 Å². The molecular formula is C11H6Cl4N2. The number of nitrogens with zero attached hydrogens (tertiary/aromatic N) is 2. The highest BCUT2D eigenvalue weighted by atomic mass is 35.5. The van der Waals surface area contributed by atoms with E-state index in [2.05, 4.69) is 9.97 Å². The third-order valence-electron chi connectivity index (χ3n) is 2.07. The molecule has 0 aliphatic carbocycles. The lowest BCUT2D eigenvalue weighted by Gasteiger charge is -2.04. The van der Waals surface area contributed by atoms with E-state index in [-0.39, 0.29) is 0 Å². The van der Waals surface area contributed by atoms with Crippen LogP contribution in [0.5, 0.6) is 0 Å². The van der Waals surface area contributed by atoms with E-state index in [1.54, 1.807) is 12.1 Å². The summed E-state index contributed by atoms with van der Waals surface area (Å²) in [5.74, 6) is 0.520. The van der Waals surface area contributed by atoms with Crippen LogP contribution in [0.25, 0.3) is 0 Å². The molecular weight excluding hydrogens is 302 g/mol. The Morgan fingerprint density at radius 3 is 2.12 bits per heavy atom. The Hall–Kier alpha value is -0.540. The maximum atomic E-state index is 6.05. The summed E-state index contributed by atoms with van der Waals surface area (Å²) in [6, 6.07) is 6.73. The lowest BCUT2D eigenvalue weighted by Crippen LogP contribution is -1.97. The Morgan fingerprint density at radius 2 is 1.53 bits per heavy atom. The number of aromatic nitrogens is 2. The average molecular weight is 308 g/mol. The fourth-order valence-electron chi connectivity index (χ4n) is 1.35. The number of hydrogen-bond acceptors (Lipinski definition) is 2. The Balaban J connectivity index is 2.31. The molecule has 0 bridgehead atoms. The fraction of sp³-hybridized carbons (Fsp3) is 0.0909. The summed E-state index contributed by atoms with van der Waals surface area (Å²) < 4.78 is 0. The predicted molar refractivity (Wildman–Crippen MR) is 71.3 cm³/mol. The van der Waals surface area contributed by atoms with Gasteiger partial charge in [-0.2, -0.15) is 0 Å². The fourth-order valence-corrected chi connectivity index (χ4v) is 2.28. The minimum atomic E-state index is 0.310. The highest BCUT2D eigenvalue weighted by molar-refractivity contribution is 6.35. The number of rotatable bonds is 2. The van der Waals surface area contributed by atoms with Crippen LogP contribution in [0.2, 0.25) is 20.4 Å². The van der Waals surface area contributed by atoms with Crippen LogP contribution in [0.4, 0.5) is 0 Å². The van der Waals surface area contributed by atoms with Gasteiger partial charge in [-0.15, -0.1) is 0 Å². The van der Waals surface area contributed by atoms with Gasteiger partial charge in [-0.05, 0) is 17.7 Å². The normalized spacial score (nSPS) is 10.6. The molecule has 0 amide bonds. The molecule has 1 aromatic heterocycles. The van der Waals surface area contributed by atoms with Crippen molar-refractivity contribution in [2.75, 3.05) is 0 Å². The minimum absolute atomic E-state index is 0.310. The van der Waals surface area contributed by atoms with Gasteiger partial charge in [0.15, 0.2) is 0 Å². The zero-order valence-electron chi connectivity index (χ0n) is 8.42. The van der Waals surface area contributed by atoms with Crippen molar-refractivity contribution in [2.45, 2.75) is 6.42 Å². The van der Waals surface area contributed by atoms with Crippen molar-refractivity contribution in [3.8, 4) is 0 Å². The Bertz CT molecular complexity index is 537. The third-order valence-corrected chi connectivity index (χ3v) is 3.05. The van der Waals surface area contributed by atoms with Gasteiger partial charge in [-0.25, -0.2) is 9.97 Å². The van der Waals surface area contributed by atoms with E-state index in [4.69, 9.17) is 46.4 Å². The molecule has 2 nitrogen and oxygen atoms in total. The SMILES string of the molecule is Clc1ccc(Cc2nc(Cl)cc(Cl)n2)c(Cl)c1. The number of halogens is 4. The average Bonchev–Trinajstić information content (AvgIpc) is 2.21. The summed E-state index contributed by atoms with van der Waals surface area (Å²) in [4.78, 5) is 8.14. The number of hydrogen-bond donors (Lipinski definition) is 0. The van der Waals surface area contributed by atoms with Crippen molar-refractivity contribution in [1.29, 1.82) is 0 Å². The second kappa shape index (κ2) is 5.40. The highest BCUT2D eigenvalue weighted by Gasteiger charge is 2.07. The van der Waals surface area contributed by atoms with Crippen molar-refractivity contribution in [2.24, 2.45) is 0 Å². The van der Waals surface area contributed by atoms with Crippen LogP contribution in [-0.2, 0) is 6.42 Å². The van der Waals surface area contributed by atoms with E-state index in [1.807, 2.05) is 6.07 Å². The molecule has 1 aromatic carbocycles. The van der Waals surface area contributed by atoms with Gasteiger partial charge in [-0.3, -0.25) is 0 Å². The largest absolute Gasteiger partial charge is 0.221 e. The second-order valence-electron chi connectivity index (χ2n) is 3.34. The molecule has 0 saturated carbocycles. The zero-order valence-corrected chi connectivity index (χ0v) is 11.4. The first-order valence-electron chi connectivity index (χ1n) is 4.67. The molecule has 6 heteroatoms. The van der Waals surface area contributed by atoms with Crippen LogP contribution in [0.1, 0.15) is 11.4 Å². The van der Waals surface area contributed by atoms with Gasteiger partial charge in [0, 0.05) is 22.5 Å². The van der Waals surface area contributed by atoms with Crippen molar-refractivity contribution >= 4 is 46.4 Å². The van der Waals surface area contributed by atoms with Crippen LogP contribution < -0.4 is 0 Å². The molecule has 2 aromatic rings. The van der Waals surface area contributed by atoms with Gasteiger partial charge in [0.25, 0.3) is 0 Å². The molecule has 88 valence electrons. The third kappa shape index (κ3) is 3.46. The standard InChI is InChI=1S/C11H6Cl4N2/c12-7-2-1-6(8(13)4-7)3-11-16-9(14)5-10(15)17-11/h1-2,4-5H,3H2. The molecule has 2 rings (SSSR count). The van der Waals surface area contributed by atoms with E-state index in [1.165, 1.54) is 6.07 Å². The first-order valence-corrected chi connectivity index (χ1v) is 6.18. The Labute approximate surface area is 119 Å². The topological polar surface area (TPSA) is 25.8 Å². The van der Waals surface area contributed by atoms with Crippen molar-refractivity contribution < 1.29 is 0 Å². The molecule has 0 aliphatic heterocycles. The Kier molecular flexibility index (Phi) is 4.10. The minimum Gasteiger partial charge on any atom is -0.221 e. The zero-order chi connectivity index (χ0) is 12.4. The maximum absolute atomic E-state index is 6.05. The van der Waals surface area contributed by atoms with Crippen LogP contribution in [-0.4, -0.2) is 9.97 Å². The van der Waals surface area contributed by atoms with E-state index < -0.39 is 0 Å². The molecule has 17 heavy (non-hydrogen) atoms. The van der Waals surface area contributed by atoms with Crippen LogP contribution >= 0.6 is 46.4 Å². The first-order chi connectivity index (χ1) is 8.04. The quantitative estimate of drug-likeness (QED) is 0.753. The first kappa shape index (κ1) is 12.9. The number of benzene rings is 1. The molecule has 0 spiro atoms. The van der Waals surface area contributed by atoms with Crippen LogP contribution in [0.15, 0.2) is 24.3 Å². The van der Waals surface area contributed by atoms with Crippen molar-refractivity contribution in [1.82, 2.24) is 9.97 Å². The van der Waals surface area contributed by atoms with E-state index in [9.17, 15) is 0 Å². The molecule has 0 saturated heterocycles. The van der Waals surface area contributed by atoms with E-state index >= 15 is 0 Å². The van der Waals surface area contributed by atoms with E-state index in [0.29, 0.717) is 32.6 Å². The summed E-state index contributed by atoms with van der Waals surface area (Å²) >= 11 is 23.4. The van der Waals surface area contributed by atoms with Gasteiger partial charge in [0.2, 0.25) is 0 Å². The Morgan fingerprint density at radius 1 is 0.882 bits per heavy atom. The summed E-state index contributed by atoms with van der Waals surface area (Å²) in [7, 11) is 0. The lowest BCUT2D eigenvalue weighted by atomic mass is 10.1. The van der Waals surface area contributed by atoms with Gasteiger partial charge >= 0.3 is 0 Å². The summed E-state index contributed by atoms with van der Waals surface area (Å²) in [6.45, 7) is 0. The summed E-state index contributed by atoms with van der Waals surface area (Å²) in [5, 5.41) is 1.77. The molecule has 0 aliphatic rings. The van der Waals surface area contributed by atoms with Gasteiger partial charge in [0.1, 0.15) is 16.1 Å². The van der Waals surface area contributed by atoms with Gasteiger partial charge < -0.3 is 0 Å². The predicted octanol–water partition coefficient (Wildman–Crippen LogP) is 4.68. The molecule has 1 heterocycles. The smallest absolute Gasteiger partial charge is 0.136 e. The van der Waals surface area contributed by atoms with Gasteiger partial charge in [-0.1, -0.05) is 52.5 Å². The lowest BCUT2D eigenvalue weighted by molar-refractivity contribution is 0.969.